The van der Waals surface area contributed by atoms with Gasteiger partial charge in [0.05, 0.1) is 11.4 Å². The van der Waals surface area contributed by atoms with E-state index >= 15 is 0 Å². The molecule has 0 radical (unpaired) electrons. The molecule has 1 N–H and O–H groups in total. The van der Waals surface area contributed by atoms with Gasteiger partial charge in [-0.25, -0.2) is 0 Å². The third-order valence-corrected chi connectivity index (χ3v) is 2.79. The van der Waals surface area contributed by atoms with Crippen molar-refractivity contribution >= 4 is 11.6 Å². The normalized spacial score (nSPS) is 10.8. The molecule has 102 valence electrons. The third-order valence-electron chi connectivity index (χ3n) is 2.79. The molecule has 1 amide bonds. The fourth-order valence-corrected chi connectivity index (χ4v) is 1.75. The molecule has 1 rings (SSSR count). The predicted octanol–water partition coefficient (Wildman–Crippen LogP) is 1.82. The summed E-state index contributed by atoms with van der Waals surface area (Å²) in [4.78, 5) is 13.0. The van der Waals surface area contributed by atoms with Crippen molar-refractivity contribution in [2.24, 2.45) is 7.05 Å². The zero-order valence-electron chi connectivity index (χ0n) is 12.0. The summed E-state index contributed by atoms with van der Waals surface area (Å²) in [5.41, 5.74) is 2.15. The molecule has 0 fully saturated rings. The van der Waals surface area contributed by atoms with E-state index in [0.29, 0.717) is 12.3 Å². The third kappa shape index (κ3) is 4.05. The summed E-state index contributed by atoms with van der Waals surface area (Å²) in [5, 5.41) is 7.79. The minimum absolute atomic E-state index is 0.173. The standard InChI is InChI=1S/C13H24N4O/c1-10(2)13-11(9-17(5)15-13)14-8-6-7-12(18)16(3)4/h9-10,14H,6-8H2,1-5H3. The molecular formula is C13H24N4O. The van der Waals surface area contributed by atoms with Gasteiger partial charge in [-0.3, -0.25) is 9.48 Å². The van der Waals surface area contributed by atoms with Crippen LogP contribution in [0.15, 0.2) is 6.20 Å². The summed E-state index contributed by atoms with van der Waals surface area (Å²) in [5.74, 6) is 0.573. The summed E-state index contributed by atoms with van der Waals surface area (Å²) in [6.07, 6.45) is 3.41. The zero-order chi connectivity index (χ0) is 13.7. The molecule has 0 spiro atoms. The van der Waals surface area contributed by atoms with Crippen LogP contribution < -0.4 is 5.32 Å². The van der Waals surface area contributed by atoms with E-state index in [1.54, 1.807) is 19.0 Å². The summed E-state index contributed by atoms with van der Waals surface area (Å²) in [7, 11) is 5.49. The van der Waals surface area contributed by atoms with Crippen LogP contribution in [0, 0.1) is 0 Å². The number of hydrogen-bond donors (Lipinski definition) is 1. The lowest BCUT2D eigenvalue weighted by molar-refractivity contribution is -0.128. The van der Waals surface area contributed by atoms with Gasteiger partial charge < -0.3 is 10.2 Å². The Labute approximate surface area is 109 Å². The van der Waals surface area contributed by atoms with Crippen molar-refractivity contribution < 1.29 is 4.79 Å². The van der Waals surface area contributed by atoms with Crippen LogP contribution in [0.2, 0.25) is 0 Å². The van der Waals surface area contributed by atoms with Gasteiger partial charge in [0.15, 0.2) is 0 Å². The molecule has 0 aliphatic carbocycles. The first kappa shape index (κ1) is 14.5. The second-order valence-electron chi connectivity index (χ2n) is 5.07. The van der Waals surface area contributed by atoms with E-state index in [9.17, 15) is 4.79 Å². The molecule has 0 saturated carbocycles. The monoisotopic (exact) mass is 252 g/mol. The molecule has 1 aromatic rings. The van der Waals surface area contributed by atoms with Crippen LogP contribution in [0.3, 0.4) is 0 Å². The molecule has 0 aliphatic heterocycles. The van der Waals surface area contributed by atoms with Crippen molar-refractivity contribution in [1.82, 2.24) is 14.7 Å². The van der Waals surface area contributed by atoms with Crippen molar-refractivity contribution in [2.75, 3.05) is 26.0 Å². The number of rotatable bonds is 6. The van der Waals surface area contributed by atoms with Crippen LogP contribution in [0.25, 0.3) is 0 Å². The Morgan fingerprint density at radius 1 is 1.50 bits per heavy atom. The van der Waals surface area contributed by atoms with E-state index in [-0.39, 0.29) is 5.91 Å². The molecule has 1 heterocycles. The van der Waals surface area contributed by atoms with Crippen LogP contribution in [-0.4, -0.2) is 41.2 Å². The minimum Gasteiger partial charge on any atom is -0.382 e. The topological polar surface area (TPSA) is 50.2 Å². The molecule has 0 aliphatic rings. The maximum absolute atomic E-state index is 11.4. The lowest BCUT2D eigenvalue weighted by Crippen LogP contribution is -2.22. The molecule has 18 heavy (non-hydrogen) atoms. The first-order chi connectivity index (χ1) is 8.41. The highest BCUT2D eigenvalue weighted by molar-refractivity contribution is 5.75. The Morgan fingerprint density at radius 3 is 2.72 bits per heavy atom. The molecule has 0 saturated heterocycles. The fraction of sp³-hybridized carbons (Fsp3) is 0.692. The summed E-state index contributed by atoms with van der Waals surface area (Å²) in [6.45, 7) is 5.05. The molecule has 5 nitrogen and oxygen atoms in total. The van der Waals surface area contributed by atoms with Gasteiger partial charge in [-0.05, 0) is 12.3 Å². The smallest absolute Gasteiger partial charge is 0.222 e. The van der Waals surface area contributed by atoms with E-state index in [2.05, 4.69) is 24.3 Å². The molecule has 0 unspecified atom stereocenters. The van der Waals surface area contributed by atoms with Gasteiger partial charge in [0.1, 0.15) is 0 Å². The molecule has 5 heteroatoms. The Morgan fingerprint density at radius 2 is 2.17 bits per heavy atom. The molecule has 1 aromatic heterocycles. The first-order valence-electron chi connectivity index (χ1n) is 6.39. The van der Waals surface area contributed by atoms with Gasteiger partial charge in [0.25, 0.3) is 0 Å². The minimum atomic E-state index is 0.173. The van der Waals surface area contributed by atoms with Crippen molar-refractivity contribution in [1.29, 1.82) is 0 Å². The Balaban J connectivity index is 2.42. The van der Waals surface area contributed by atoms with Crippen LogP contribution in [0.4, 0.5) is 5.69 Å². The van der Waals surface area contributed by atoms with Crippen molar-refractivity contribution in [3.8, 4) is 0 Å². The van der Waals surface area contributed by atoms with Gasteiger partial charge in [0.2, 0.25) is 5.91 Å². The summed E-state index contributed by atoms with van der Waals surface area (Å²) in [6, 6.07) is 0. The molecule has 0 atom stereocenters. The van der Waals surface area contributed by atoms with Crippen molar-refractivity contribution in [3.05, 3.63) is 11.9 Å². The number of carbonyl (C=O) groups excluding carboxylic acids is 1. The highest BCUT2D eigenvalue weighted by Gasteiger charge is 2.11. The Kier molecular flexibility index (Phi) is 5.19. The number of nitrogens with one attached hydrogen (secondary N) is 1. The Bertz CT molecular complexity index is 396. The molecule has 0 bridgehead atoms. The lowest BCUT2D eigenvalue weighted by Gasteiger charge is -2.11. The van der Waals surface area contributed by atoms with Crippen molar-refractivity contribution in [2.45, 2.75) is 32.6 Å². The number of hydrogen-bond acceptors (Lipinski definition) is 3. The molecular weight excluding hydrogens is 228 g/mol. The number of nitrogens with zero attached hydrogens (tertiary/aromatic N) is 3. The quantitative estimate of drug-likeness (QED) is 0.786. The van der Waals surface area contributed by atoms with Crippen LogP contribution in [0.5, 0.6) is 0 Å². The SMILES string of the molecule is CC(C)c1nn(C)cc1NCCCC(=O)N(C)C. The lowest BCUT2D eigenvalue weighted by atomic mass is 10.1. The van der Waals surface area contributed by atoms with Gasteiger partial charge in [-0.1, -0.05) is 13.8 Å². The van der Waals surface area contributed by atoms with Crippen LogP contribution >= 0.6 is 0 Å². The number of carbonyl (C=O) groups is 1. The maximum Gasteiger partial charge on any atom is 0.222 e. The van der Waals surface area contributed by atoms with E-state index < -0.39 is 0 Å². The highest BCUT2D eigenvalue weighted by Crippen LogP contribution is 2.21. The van der Waals surface area contributed by atoms with E-state index in [0.717, 1.165) is 24.3 Å². The summed E-state index contributed by atoms with van der Waals surface area (Å²) < 4.78 is 1.82. The number of anilines is 1. The molecule has 0 aromatic carbocycles. The van der Waals surface area contributed by atoms with Gasteiger partial charge in [-0.2, -0.15) is 5.10 Å². The fourth-order valence-electron chi connectivity index (χ4n) is 1.75. The average Bonchev–Trinajstić information content (AvgIpc) is 2.65. The van der Waals surface area contributed by atoms with E-state index in [1.165, 1.54) is 0 Å². The van der Waals surface area contributed by atoms with Gasteiger partial charge in [0, 0.05) is 40.3 Å². The number of amides is 1. The predicted molar refractivity (Wildman–Crippen MR) is 73.7 cm³/mol. The van der Waals surface area contributed by atoms with E-state index in [4.69, 9.17) is 0 Å². The number of aryl methyl sites for hydroxylation is 1. The van der Waals surface area contributed by atoms with Crippen molar-refractivity contribution in [3.63, 3.8) is 0 Å². The van der Waals surface area contributed by atoms with Gasteiger partial charge >= 0.3 is 0 Å². The highest BCUT2D eigenvalue weighted by atomic mass is 16.2. The first-order valence-corrected chi connectivity index (χ1v) is 6.39. The van der Waals surface area contributed by atoms with Crippen LogP contribution in [-0.2, 0) is 11.8 Å². The Hall–Kier alpha value is -1.52. The van der Waals surface area contributed by atoms with Crippen LogP contribution in [0.1, 0.15) is 38.3 Å². The van der Waals surface area contributed by atoms with E-state index in [1.807, 2.05) is 17.9 Å². The average molecular weight is 252 g/mol. The largest absolute Gasteiger partial charge is 0.382 e. The maximum atomic E-state index is 11.4. The van der Waals surface area contributed by atoms with Gasteiger partial charge in [-0.15, -0.1) is 0 Å². The number of aromatic nitrogens is 2. The second kappa shape index (κ2) is 6.42. The second-order valence-corrected chi connectivity index (χ2v) is 5.07. The summed E-state index contributed by atoms with van der Waals surface area (Å²) >= 11 is 0. The zero-order valence-corrected chi connectivity index (χ0v) is 12.0.